The highest BCUT2D eigenvalue weighted by atomic mass is 35.7. The van der Waals surface area contributed by atoms with Crippen LogP contribution < -0.4 is 29.6 Å². The second-order valence-electron chi connectivity index (χ2n) is 35.7. The van der Waals surface area contributed by atoms with Crippen molar-refractivity contribution in [3.05, 3.63) is 288 Å². The first-order chi connectivity index (χ1) is 71.8. The SMILES string of the molecule is C.CC(C)N(C(C)C)P(Cl)OCCC#N.CN1CCOCC1.CN1CCOCC1.COc1ccc(C(Cl)(c2ccccc2)c2ccc(OC)cc2)cc1.COc1ccc(C(OC[C@H]2O[C@@H](n3cnc4c(NC(=O)c5ccccc5)ncnc43)C(OC(=S)N3CCS(=O)(=O)CC3)[C@H]2O)(c2ccccc2)c2ccc(OC)cc2)cc1.O=C(Nc1ncnc2c1ncn2[C@@H]1O[C@H](CO)[C@H](O)C1OC(=S)N1CCS(=O)(=O)CC1)c1ccccc1. The molecule has 0 radical (unpaired) electrons. The van der Waals surface area contributed by atoms with E-state index in [9.17, 15) is 41.7 Å². The number of anilines is 2. The number of aliphatic hydroxyl groups is 3. The number of rotatable bonds is 28. The molecule has 4 aromatic heterocycles. The Balaban J connectivity index is 0.000000187. The number of nitrogens with zero attached hydrogens (tertiary/aromatic N) is 14. The molecule has 150 heavy (non-hydrogen) atoms. The van der Waals surface area contributed by atoms with Gasteiger partial charge in [-0.1, -0.05) is 153 Å². The zero-order valence-electron chi connectivity index (χ0n) is 84.3. The first kappa shape index (κ1) is 117. The number of nitriles is 1. The highest BCUT2D eigenvalue weighted by molar-refractivity contribution is 7.91. The van der Waals surface area contributed by atoms with Gasteiger partial charge in [-0.25, -0.2) is 51.4 Å². The molecule has 9 atom stereocenters. The smallest absolute Gasteiger partial charge is 0.259 e. The highest BCUT2D eigenvalue weighted by Crippen LogP contribution is 2.50. The van der Waals surface area contributed by atoms with Gasteiger partial charge < -0.3 is 102 Å². The van der Waals surface area contributed by atoms with Gasteiger partial charge in [0.05, 0.1) is 123 Å². The average molecular weight is 2190 g/mol. The summed E-state index contributed by atoms with van der Waals surface area (Å²) in [7, 11) is 3.33. The van der Waals surface area contributed by atoms with Gasteiger partial charge in [0.25, 0.3) is 22.2 Å². The van der Waals surface area contributed by atoms with Crippen LogP contribution in [0.25, 0.3) is 22.3 Å². The van der Waals surface area contributed by atoms with Gasteiger partial charge in [-0.3, -0.25) is 18.7 Å². The maximum Gasteiger partial charge on any atom is 0.259 e. The molecule has 2 amide bonds. The highest BCUT2D eigenvalue weighted by Gasteiger charge is 2.52. The zero-order chi connectivity index (χ0) is 106. The van der Waals surface area contributed by atoms with Gasteiger partial charge in [-0.2, -0.15) is 5.26 Å². The number of hydrogen-bond donors (Lipinski definition) is 5. The summed E-state index contributed by atoms with van der Waals surface area (Å²) < 4.78 is 122. The topological polar surface area (TPSA) is 425 Å². The third-order valence-electron chi connectivity index (χ3n) is 25.2. The molecule has 37 nitrogen and oxygen atoms in total. The number of hydrogen-bond acceptors (Lipinski definition) is 33. The number of benzene rings is 8. The minimum absolute atomic E-state index is 0. The van der Waals surface area contributed by atoms with Crippen LogP contribution in [0.2, 0.25) is 0 Å². The van der Waals surface area contributed by atoms with E-state index in [0.717, 1.165) is 97.5 Å². The van der Waals surface area contributed by atoms with Crippen molar-refractivity contribution < 1.29 is 98.4 Å². The fourth-order valence-corrected chi connectivity index (χ4v) is 22.7. The van der Waals surface area contributed by atoms with Crippen molar-refractivity contribution in [1.29, 1.82) is 5.26 Å². The number of aromatic nitrogens is 8. The Hall–Kier alpha value is -11.7. The third-order valence-corrected chi connectivity index (χ3v) is 32.3. The molecular formula is C106H129Cl2N16O21PS4. The number of alkyl halides is 1. The van der Waals surface area contributed by atoms with E-state index in [1.165, 1.54) is 29.9 Å². The molecule has 0 aliphatic carbocycles. The van der Waals surface area contributed by atoms with Crippen molar-refractivity contribution in [3.8, 4) is 29.1 Å². The number of likely N-dealkylation sites (N-methyl/N-ethyl adjacent to an activating group) is 2. The number of carbonyl (C=O) groups is 2. The van der Waals surface area contributed by atoms with E-state index in [-0.39, 0.29) is 119 Å². The van der Waals surface area contributed by atoms with E-state index >= 15 is 0 Å². The monoisotopic (exact) mass is 2190 g/mol. The maximum atomic E-state index is 13.1. The van der Waals surface area contributed by atoms with Crippen LogP contribution in [0.3, 0.4) is 0 Å². The number of halogens is 2. The van der Waals surface area contributed by atoms with Crippen LogP contribution in [-0.4, -0.2) is 330 Å². The van der Waals surface area contributed by atoms with Crippen molar-refractivity contribution in [1.82, 2.24) is 63.3 Å². The first-order valence-electron chi connectivity index (χ1n) is 48.3. The van der Waals surface area contributed by atoms with E-state index in [4.69, 9.17) is 109 Å². The van der Waals surface area contributed by atoms with Crippen molar-refractivity contribution in [2.75, 3.05) is 175 Å². The molecule has 10 heterocycles. The Kier molecular flexibility index (Phi) is 43.7. The summed E-state index contributed by atoms with van der Waals surface area (Å²) in [5.74, 6) is 2.24. The number of amides is 2. The molecule has 44 heteroatoms. The van der Waals surface area contributed by atoms with Gasteiger partial charge in [0.2, 0.25) is 7.65 Å². The number of methoxy groups -OCH3 is 4. The molecule has 6 saturated heterocycles. The summed E-state index contributed by atoms with van der Waals surface area (Å²) in [6.45, 7) is 16.8. The maximum absolute atomic E-state index is 13.1. The Labute approximate surface area is 896 Å². The van der Waals surface area contributed by atoms with Crippen LogP contribution in [0.15, 0.2) is 244 Å². The minimum atomic E-state index is -3.21. The van der Waals surface area contributed by atoms with Crippen LogP contribution in [0.1, 0.15) is 108 Å². The second kappa shape index (κ2) is 56.1. The number of carbonyl (C=O) groups excluding carboxylic acids is 2. The van der Waals surface area contributed by atoms with Gasteiger partial charge in [-0.05, 0) is 184 Å². The van der Waals surface area contributed by atoms with Gasteiger partial charge >= 0.3 is 0 Å². The second-order valence-corrected chi connectivity index (χ2v) is 43.6. The van der Waals surface area contributed by atoms with Gasteiger partial charge in [0.1, 0.15) is 70.5 Å². The molecule has 6 aliphatic rings. The molecule has 6 fully saturated rings. The number of sulfone groups is 2. The number of imidazole rings is 2. The summed E-state index contributed by atoms with van der Waals surface area (Å²) in [5, 5.41) is 46.7. The van der Waals surface area contributed by atoms with Crippen LogP contribution in [-0.2, 0) is 67.8 Å². The van der Waals surface area contributed by atoms with E-state index in [1.807, 2.05) is 170 Å². The standard InChI is InChI=1S/C43H42N6O9S2.C22H24N6O7S2.C21H19ClO2.C9H18ClN2OP.2C5H11NO.CH4/c1-54-32-17-13-30(14-18-32)43(29-11-7-4-8-12-29,31-15-19-33(55-2)20-16-31)56-25-34-36(50)37(58-42(59)48-21-23-60(52,53)24-22-48)41(57-34)49-27-46-35-38(44-26-45-39(35)49)47-40(51)28-9-5-3-6-10-28;29-10-14-16(30)17(35-22(36)27-6-8-37(32,33)9-7-27)21(34-14)28-12-25-15-18(23-11-24-19(15)28)26-20(31)13-4-2-1-3-5-13;1-23-19-12-8-17(9-13-19)21(22,16-6-4-3-5-7-16)18-10-14-20(24-2)15-11-18;1-8(2)12(9(3)4)14(10)13-7-5-6-11;2*1-6-2-4-7-5-3-6;/h3-20,26-27,34,36-37,41,50H,21-25H2,1-2H3,(H,44,45,47,51);1-5,11-12,14,16-17,21,29-30H,6-10H2,(H,23,24,26,31);3-15H,1-2H3;8-9H,5,7H2,1-4H3;2*2-5H2,1H3;1H4/t34-,36+,37?,41-;14-,16+,17?,21-;;;;;/m11...../s1. The zero-order valence-corrected chi connectivity index (χ0v) is 90.0. The molecule has 5 N–H and O–H groups in total. The van der Waals surface area contributed by atoms with Gasteiger partial charge in [0, 0.05) is 75.6 Å². The van der Waals surface area contributed by atoms with Gasteiger partial charge in [0.15, 0.2) is 78.3 Å². The lowest BCUT2D eigenvalue weighted by atomic mass is 9.80. The summed E-state index contributed by atoms with van der Waals surface area (Å²) in [5.41, 5.74) is 6.11. The van der Waals surface area contributed by atoms with Crippen LogP contribution in [0.4, 0.5) is 11.6 Å². The van der Waals surface area contributed by atoms with Crippen LogP contribution in [0, 0.1) is 11.3 Å². The Morgan fingerprint density at radius 2 is 0.840 bits per heavy atom. The van der Waals surface area contributed by atoms with E-state index < -0.39 is 93.5 Å². The molecular weight excluding hydrogens is 2060 g/mol. The normalized spacial score (nSPS) is 19.7. The third kappa shape index (κ3) is 30.2. The first-order valence-corrected chi connectivity index (χ1v) is 55.3. The van der Waals surface area contributed by atoms with Gasteiger partial charge in [-0.15, -0.1) is 11.6 Å². The average Bonchev–Trinajstić information content (AvgIpc) is 1.21. The fraction of sp³-hybridized carbons (Fsp3) is 0.406. The molecule has 0 saturated carbocycles. The largest absolute Gasteiger partial charge is 0.497 e. The fourth-order valence-electron chi connectivity index (χ4n) is 17.0. The molecule has 18 rings (SSSR count). The molecule has 12 aromatic rings. The van der Waals surface area contributed by atoms with Crippen molar-refractivity contribution in [2.45, 2.75) is 113 Å². The van der Waals surface area contributed by atoms with Crippen molar-refractivity contribution in [2.24, 2.45) is 0 Å². The quantitative estimate of drug-likeness (QED) is 0.00999. The summed E-state index contributed by atoms with van der Waals surface area (Å²) in [6.07, 6.45) is -3.03. The van der Waals surface area contributed by atoms with Crippen LogP contribution >= 0.6 is 54.9 Å². The number of morpholine rings is 2. The molecule has 0 bridgehead atoms. The lowest BCUT2D eigenvalue weighted by Gasteiger charge is -2.37. The summed E-state index contributed by atoms with van der Waals surface area (Å²) in [6, 6.07) is 70.7. The molecule has 3 unspecified atom stereocenters. The predicted molar refractivity (Wildman–Crippen MR) is 583 cm³/mol. The molecule has 8 aromatic carbocycles. The molecule has 0 spiro atoms. The lowest BCUT2D eigenvalue weighted by molar-refractivity contribution is -0.0941. The lowest BCUT2D eigenvalue weighted by Crippen LogP contribution is -2.47. The molecule has 6 aliphatic heterocycles. The molecule has 802 valence electrons. The number of thiocarbonyl (C=S) groups is 2. The van der Waals surface area contributed by atoms with Crippen molar-refractivity contribution in [3.63, 3.8) is 0 Å². The van der Waals surface area contributed by atoms with E-state index in [2.05, 4.69) is 96.8 Å². The van der Waals surface area contributed by atoms with E-state index in [1.54, 1.807) is 97.4 Å². The Morgan fingerprint density at radius 1 is 0.507 bits per heavy atom. The van der Waals surface area contributed by atoms with Crippen LogP contribution in [0.5, 0.6) is 23.0 Å². The van der Waals surface area contributed by atoms with E-state index in [0.29, 0.717) is 47.7 Å². The number of nitrogens with one attached hydrogen (secondary N) is 2. The number of fused-ring (bicyclic) bond motifs is 2. The summed E-state index contributed by atoms with van der Waals surface area (Å²) >= 11 is 24.5. The van der Waals surface area contributed by atoms with Crippen molar-refractivity contribution >= 4 is 131 Å². The minimum Gasteiger partial charge on any atom is -0.497 e. The Bertz CT molecular complexity index is 6440. The number of ether oxygens (including phenoxy) is 11. The predicted octanol–water partition coefficient (Wildman–Crippen LogP) is 13.8. The number of aliphatic hydroxyl groups excluding tert-OH is 3. The Morgan fingerprint density at radius 3 is 1.18 bits per heavy atom. The summed E-state index contributed by atoms with van der Waals surface area (Å²) in [4.78, 5) is 58.9.